The number of allylic oxidation sites excluding steroid dienone is 1. The Morgan fingerprint density at radius 2 is 1.64 bits per heavy atom. The molecule has 0 aromatic heterocycles. The number of rotatable bonds is 8. The van der Waals surface area contributed by atoms with Crippen LogP contribution < -0.4 is 14.2 Å². The van der Waals surface area contributed by atoms with E-state index in [9.17, 15) is 9.59 Å². The highest BCUT2D eigenvalue weighted by Gasteiger charge is 2.46. The summed E-state index contributed by atoms with van der Waals surface area (Å²) in [7, 11) is 3.23. The van der Waals surface area contributed by atoms with Crippen molar-refractivity contribution >= 4 is 17.5 Å². The van der Waals surface area contributed by atoms with Crippen LogP contribution in [0.4, 0.5) is 0 Å². The lowest BCUT2D eigenvalue weighted by molar-refractivity contribution is -0.144. The maximum absolute atomic E-state index is 13.9. The van der Waals surface area contributed by atoms with Crippen LogP contribution in [0.3, 0.4) is 0 Å². The number of esters is 1. The number of fused-ring (bicyclic) bond motifs is 1. The van der Waals surface area contributed by atoms with Crippen molar-refractivity contribution in [3.05, 3.63) is 64.9 Å². The molecule has 1 heterocycles. The number of ether oxygens (including phenoxy) is 4. The number of hydrogen-bond acceptors (Lipinski definition) is 7. The topological polar surface area (TPSA) is 83.4 Å². The predicted octanol–water partition coefficient (Wildman–Crippen LogP) is 6.16. The second kappa shape index (κ2) is 11.6. The molecule has 3 atom stereocenters. The third-order valence-electron chi connectivity index (χ3n) is 8.18. The molecule has 1 unspecified atom stereocenters. The molecule has 0 N–H and O–H groups in total. The van der Waals surface area contributed by atoms with Gasteiger partial charge in [-0.3, -0.25) is 9.79 Å². The van der Waals surface area contributed by atoms with Crippen molar-refractivity contribution in [2.45, 2.75) is 70.3 Å². The molecule has 1 aliphatic heterocycles. The van der Waals surface area contributed by atoms with Crippen LogP contribution in [0.2, 0.25) is 0 Å². The summed E-state index contributed by atoms with van der Waals surface area (Å²) in [6.45, 7) is 4.27. The van der Waals surface area contributed by atoms with E-state index >= 15 is 0 Å². The van der Waals surface area contributed by atoms with Crippen molar-refractivity contribution in [2.24, 2.45) is 10.9 Å². The van der Waals surface area contributed by atoms with Crippen LogP contribution in [0, 0.1) is 5.92 Å². The summed E-state index contributed by atoms with van der Waals surface area (Å²) in [5, 5.41) is 0. The predicted molar refractivity (Wildman–Crippen MR) is 149 cm³/mol. The second-order valence-corrected chi connectivity index (χ2v) is 10.6. The first-order chi connectivity index (χ1) is 18.9. The van der Waals surface area contributed by atoms with Gasteiger partial charge in [-0.25, -0.2) is 4.79 Å². The van der Waals surface area contributed by atoms with Gasteiger partial charge in [0.25, 0.3) is 0 Å². The summed E-state index contributed by atoms with van der Waals surface area (Å²) in [6, 6.07) is 13.5. The molecule has 7 nitrogen and oxygen atoms in total. The lowest BCUT2D eigenvalue weighted by atomic mass is 9.66. The summed E-state index contributed by atoms with van der Waals surface area (Å²) in [5.74, 6) is 0.675. The van der Waals surface area contributed by atoms with Crippen molar-refractivity contribution in [1.29, 1.82) is 0 Å². The van der Waals surface area contributed by atoms with Crippen molar-refractivity contribution in [1.82, 2.24) is 0 Å². The SMILES string of the molecule is CCOc1ccc([C@@H]2C(C(=O)OC3CCCC3)=C(C)N=C3C[C@H](c4ccc(OC)cc4)CC(=O)C32)cc1OC. The van der Waals surface area contributed by atoms with E-state index in [1.165, 1.54) is 0 Å². The molecular weight excluding hydrogens is 494 g/mol. The monoisotopic (exact) mass is 531 g/mol. The Morgan fingerprint density at radius 3 is 2.31 bits per heavy atom. The molecule has 2 aromatic carbocycles. The van der Waals surface area contributed by atoms with Gasteiger partial charge in [0.05, 0.1) is 32.3 Å². The molecule has 5 rings (SSSR count). The molecule has 206 valence electrons. The molecule has 39 heavy (non-hydrogen) atoms. The minimum absolute atomic E-state index is 0.0220. The van der Waals surface area contributed by atoms with Crippen LogP contribution in [0.15, 0.2) is 58.7 Å². The van der Waals surface area contributed by atoms with E-state index in [-0.39, 0.29) is 23.8 Å². The Kier molecular flexibility index (Phi) is 8.05. The molecule has 0 bridgehead atoms. The fraction of sp³-hybridized carbons (Fsp3) is 0.469. The van der Waals surface area contributed by atoms with E-state index in [1.54, 1.807) is 14.2 Å². The van der Waals surface area contributed by atoms with Gasteiger partial charge in [-0.2, -0.15) is 0 Å². The highest BCUT2D eigenvalue weighted by molar-refractivity contribution is 6.12. The minimum Gasteiger partial charge on any atom is -0.497 e. The van der Waals surface area contributed by atoms with Gasteiger partial charge in [0.1, 0.15) is 17.6 Å². The van der Waals surface area contributed by atoms with Crippen LogP contribution in [0.5, 0.6) is 17.2 Å². The Hall–Kier alpha value is -3.61. The maximum Gasteiger partial charge on any atom is 0.336 e. The highest BCUT2D eigenvalue weighted by atomic mass is 16.5. The lowest BCUT2D eigenvalue weighted by Crippen LogP contribution is -2.41. The Morgan fingerprint density at radius 1 is 0.923 bits per heavy atom. The maximum atomic E-state index is 13.9. The first-order valence-electron chi connectivity index (χ1n) is 13.9. The van der Waals surface area contributed by atoms with Gasteiger partial charge in [0.15, 0.2) is 11.5 Å². The molecule has 2 fully saturated rings. The van der Waals surface area contributed by atoms with E-state index in [2.05, 4.69) is 0 Å². The first-order valence-corrected chi connectivity index (χ1v) is 13.9. The van der Waals surface area contributed by atoms with E-state index in [4.69, 9.17) is 23.9 Å². The summed E-state index contributed by atoms with van der Waals surface area (Å²) >= 11 is 0. The van der Waals surface area contributed by atoms with Gasteiger partial charge in [-0.15, -0.1) is 0 Å². The van der Waals surface area contributed by atoms with Crippen LogP contribution in [-0.4, -0.2) is 44.4 Å². The van der Waals surface area contributed by atoms with Gasteiger partial charge in [-0.05, 0) is 87.3 Å². The Balaban J connectivity index is 1.55. The third-order valence-corrected chi connectivity index (χ3v) is 8.18. The second-order valence-electron chi connectivity index (χ2n) is 10.6. The third kappa shape index (κ3) is 5.45. The van der Waals surface area contributed by atoms with Crippen LogP contribution in [0.1, 0.15) is 75.3 Å². The molecule has 0 saturated heterocycles. The van der Waals surface area contributed by atoms with E-state index in [0.717, 1.165) is 48.3 Å². The molecule has 2 saturated carbocycles. The number of Topliss-reactive ketones (excluding diaryl/α,β-unsaturated/α-hetero) is 1. The molecule has 0 spiro atoms. The van der Waals surface area contributed by atoms with Crippen LogP contribution in [-0.2, 0) is 14.3 Å². The average Bonchev–Trinajstić information content (AvgIpc) is 3.45. The normalized spacial score (nSPS) is 23.2. The number of carbonyl (C=O) groups is 2. The number of hydrogen-bond donors (Lipinski definition) is 0. The number of carbonyl (C=O) groups excluding carboxylic acids is 2. The summed E-state index contributed by atoms with van der Waals surface area (Å²) in [5.41, 5.74) is 3.81. The zero-order chi connectivity index (χ0) is 27.5. The molecule has 3 aliphatic rings. The number of ketones is 1. The van der Waals surface area contributed by atoms with Crippen molar-refractivity contribution in [3.63, 3.8) is 0 Å². The zero-order valence-corrected chi connectivity index (χ0v) is 23.2. The van der Waals surface area contributed by atoms with Gasteiger partial charge in [-0.1, -0.05) is 18.2 Å². The Labute approximate surface area is 230 Å². The number of nitrogens with zero attached hydrogens (tertiary/aromatic N) is 1. The quantitative estimate of drug-likeness (QED) is 0.379. The Bertz CT molecular complexity index is 1290. The van der Waals surface area contributed by atoms with E-state index < -0.39 is 11.8 Å². The van der Waals surface area contributed by atoms with Crippen molar-refractivity contribution in [2.75, 3.05) is 20.8 Å². The first kappa shape index (κ1) is 27.0. The molecule has 2 aliphatic carbocycles. The zero-order valence-electron chi connectivity index (χ0n) is 23.2. The summed E-state index contributed by atoms with van der Waals surface area (Å²) < 4.78 is 22.6. The smallest absolute Gasteiger partial charge is 0.336 e. The number of methoxy groups -OCH3 is 2. The largest absolute Gasteiger partial charge is 0.497 e. The standard InChI is InChI=1S/C32H37NO6/c1-5-38-27-15-12-21(18-28(27)37-4)30-29(32(35)39-24-8-6-7-9-24)19(2)33-25-16-22(17-26(34)31(25)30)20-10-13-23(36-3)14-11-20/h10-15,18,22,24,30-31H,5-9,16-17H2,1-4H3/t22-,30+,31?/m0/s1. The minimum atomic E-state index is -0.531. The van der Waals surface area contributed by atoms with Crippen LogP contribution in [0.25, 0.3) is 0 Å². The van der Waals surface area contributed by atoms with E-state index in [1.807, 2.05) is 56.3 Å². The fourth-order valence-corrected chi connectivity index (χ4v) is 6.29. The lowest BCUT2D eigenvalue weighted by Gasteiger charge is -2.38. The molecular formula is C32H37NO6. The number of aliphatic imine (C=N–C) groups is 1. The summed E-state index contributed by atoms with van der Waals surface area (Å²) in [6.07, 6.45) is 4.82. The van der Waals surface area contributed by atoms with Crippen molar-refractivity contribution in [3.8, 4) is 17.2 Å². The highest BCUT2D eigenvalue weighted by Crippen LogP contribution is 2.47. The molecule has 2 aromatic rings. The van der Waals surface area contributed by atoms with Crippen LogP contribution >= 0.6 is 0 Å². The van der Waals surface area contributed by atoms with Gasteiger partial charge in [0, 0.05) is 23.7 Å². The van der Waals surface area contributed by atoms with Gasteiger partial charge in [0.2, 0.25) is 0 Å². The molecule has 7 heteroatoms. The number of benzene rings is 2. The fourth-order valence-electron chi connectivity index (χ4n) is 6.29. The average molecular weight is 532 g/mol. The van der Waals surface area contributed by atoms with E-state index in [0.29, 0.717) is 42.2 Å². The summed E-state index contributed by atoms with van der Waals surface area (Å²) in [4.78, 5) is 32.5. The van der Waals surface area contributed by atoms with Gasteiger partial charge < -0.3 is 18.9 Å². The van der Waals surface area contributed by atoms with Crippen molar-refractivity contribution < 1.29 is 28.5 Å². The molecule has 0 radical (unpaired) electrons. The van der Waals surface area contributed by atoms with Gasteiger partial charge >= 0.3 is 5.97 Å². The molecule has 0 amide bonds.